The van der Waals surface area contributed by atoms with Crippen molar-refractivity contribution in [1.82, 2.24) is 0 Å². The first-order chi connectivity index (χ1) is 6.89. The molecule has 0 aliphatic heterocycles. The zero-order valence-electron chi connectivity index (χ0n) is 9.96. The predicted molar refractivity (Wildman–Crippen MR) is 66.7 cm³/mol. The number of carbonyl (C=O) groups is 2. The fourth-order valence-electron chi connectivity index (χ4n) is 1.23. The van der Waals surface area contributed by atoms with Gasteiger partial charge in [-0.3, -0.25) is 9.59 Å². The maximum atomic E-state index is 11.0. The van der Waals surface area contributed by atoms with Gasteiger partial charge in [0.05, 0.1) is 0 Å². The van der Waals surface area contributed by atoms with Gasteiger partial charge in [0.25, 0.3) is 5.12 Å². The van der Waals surface area contributed by atoms with Crippen LogP contribution in [-0.2, 0) is 14.0 Å². The summed E-state index contributed by atoms with van der Waals surface area (Å²) in [7, 11) is -1.51. The molecule has 0 aromatic carbocycles. The molecule has 0 bridgehead atoms. The van der Waals surface area contributed by atoms with Crippen molar-refractivity contribution < 1.29 is 14.0 Å². The molecule has 0 radical (unpaired) electrons. The third-order valence-electron chi connectivity index (χ3n) is 1.98. The van der Waals surface area contributed by atoms with Gasteiger partial charge in [-0.25, -0.2) is 0 Å². The molecular weight excluding hydrogens is 228 g/mol. The lowest BCUT2D eigenvalue weighted by Gasteiger charge is -2.21. The fraction of sp³-hybridized carbons (Fsp3) is 0.800. The summed E-state index contributed by atoms with van der Waals surface area (Å²) in [5, 5.41) is -0.328. The van der Waals surface area contributed by atoms with Crippen molar-refractivity contribution >= 4 is 31.0 Å². The van der Waals surface area contributed by atoms with Crippen LogP contribution in [0.2, 0.25) is 19.1 Å². The van der Waals surface area contributed by atoms with E-state index in [9.17, 15) is 9.59 Å². The predicted octanol–water partition coefficient (Wildman–Crippen LogP) is 2.47. The van der Waals surface area contributed by atoms with Gasteiger partial charge in [0.15, 0.2) is 8.32 Å². The first-order valence-corrected chi connectivity index (χ1v) is 9.31. The van der Waals surface area contributed by atoms with E-state index in [0.717, 1.165) is 36.6 Å². The molecule has 0 aliphatic carbocycles. The minimum absolute atomic E-state index is 0.328. The van der Waals surface area contributed by atoms with Crippen LogP contribution in [0.1, 0.15) is 20.3 Å². The SMILES string of the molecule is CCO[Si](C)(C)CCCSC(=O)C(C)=O. The van der Waals surface area contributed by atoms with E-state index < -0.39 is 8.32 Å². The van der Waals surface area contributed by atoms with Crippen molar-refractivity contribution in [3.05, 3.63) is 0 Å². The number of hydrogen-bond donors (Lipinski definition) is 0. The summed E-state index contributed by atoms with van der Waals surface area (Å²) >= 11 is 1.12. The highest BCUT2D eigenvalue weighted by atomic mass is 32.2. The summed E-state index contributed by atoms with van der Waals surface area (Å²) < 4.78 is 5.66. The zero-order valence-corrected chi connectivity index (χ0v) is 11.8. The van der Waals surface area contributed by atoms with Crippen LogP contribution in [0, 0.1) is 0 Å². The third kappa shape index (κ3) is 7.76. The van der Waals surface area contributed by atoms with Crippen molar-refractivity contribution in [3.8, 4) is 0 Å². The smallest absolute Gasteiger partial charge is 0.254 e. The molecule has 5 heteroatoms. The molecular formula is C10H20O3SSi. The van der Waals surface area contributed by atoms with Gasteiger partial charge in [-0.2, -0.15) is 0 Å². The normalized spacial score (nSPS) is 11.5. The van der Waals surface area contributed by atoms with Crippen molar-refractivity contribution in [3.63, 3.8) is 0 Å². The van der Waals surface area contributed by atoms with Crippen molar-refractivity contribution in [2.75, 3.05) is 12.4 Å². The van der Waals surface area contributed by atoms with E-state index in [0.29, 0.717) is 0 Å². The average Bonchev–Trinajstić information content (AvgIpc) is 2.11. The summed E-state index contributed by atoms with van der Waals surface area (Å²) in [6.45, 7) is 8.43. The number of Topliss-reactive ketones (excluding diaryl/α,β-unsaturated/α-hetero) is 1. The number of ketones is 1. The molecule has 88 valence electrons. The van der Waals surface area contributed by atoms with Crippen molar-refractivity contribution in [2.24, 2.45) is 0 Å². The molecule has 0 N–H and O–H groups in total. The van der Waals surface area contributed by atoms with E-state index in [4.69, 9.17) is 4.43 Å². The maximum absolute atomic E-state index is 11.0. The van der Waals surface area contributed by atoms with Gasteiger partial charge >= 0.3 is 0 Å². The molecule has 0 rings (SSSR count). The lowest BCUT2D eigenvalue weighted by Crippen LogP contribution is -2.30. The average molecular weight is 248 g/mol. The highest BCUT2D eigenvalue weighted by Crippen LogP contribution is 2.16. The van der Waals surface area contributed by atoms with E-state index in [1.807, 2.05) is 6.92 Å². The quantitative estimate of drug-likeness (QED) is 0.394. The van der Waals surface area contributed by atoms with Gasteiger partial charge in [-0.15, -0.1) is 0 Å². The van der Waals surface area contributed by atoms with E-state index in [2.05, 4.69) is 13.1 Å². The molecule has 0 aromatic rings. The van der Waals surface area contributed by atoms with E-state index in [-0.39, 0.29) is 10.9 Å². The molecule has 0 fully saturated rings. The zero-order chi connectivity index (χ0) is 11.9. The van der Waals surface area contributed by atoms with E-state index >= 15 is 0 Å². The molecule has 0 saturated heterocycles. The van der Waals surface area contributed by atoms with Gasteiger partial charge < -0.3 is 4.43 Å². The molecule has 0 aromatic heterocycles. The summed E-state index contributed by atoms with van der Waals surface area (Å²) in [6.07, 6.45) is 0.947. The summed E-state index contributed by atoms with van der Waals surface area (Å²) in [5.74, 6) is 0.364. The van der Waals surface area contributed by atoms with Crippen LogP contribution < -0.4 is 0 Å². The Labute approximate surface area is 97.1 Å². The van der Waals surface area contributed by atoms with Crippen LogP contribution in [0.3, 0.4) is 0 Å². The highest BCUT2D eigenvalue weighted by molar-refractivity contribution is 8.15. The van der Waals surface area contributed by atoms with Crippen LogP contribution in [0.25, 0.3) is 0 Å². The Morgan fingerprint density at radius 2 is 1.93 bits per heavy atom. The summed E-state index contributed by atoms with van der Waals surface area (Å²) in [6, 6.07) is 1.04. The van der Waals surface area contributed by atoms with Crippen LogP contribution >= 0.6 is 11.8 Å². The molecule has 15 heavy (non-hydrogen) atoms. The van der Waals surface area contributed by atoms with E-state index in [1.165, 1.54) is 6.92 Å². The Kier molecular flexibility index (Phi) is 7.13. The molecule has 0 amide bonds. The molecule has 3 nitrogen and oxygen atoms in total. The highest BCUT2D eigenvalue weighted by Gasteiger charge is 2.21. The van der Waals surface area contributed by atoms with Crippen LogP contribution in [0.4, 0.5) is 0 Å². The van der Waals surface area contributed by atoms with Crippen molar-refractivity contribution in [1.29, 1.82) is 0 Å². The minimum Gasteiger partial charge on any atom is -0.418 e. The second-order valence-electron chi connectivity index (χ2n) is 3.99. The number of carbonyl (C=O) groups excluding carboxylic acids is 2. The third-order valence-corrected chi connectivity index (χ3v) is 5.65. The Bertz CT molecular complexity index is 229. The van der Waals surface area contributed by atoms with Crippen LogP contribution in [0.5, 0.6) is 0 Å². The second-order valence-corrected chi connectivity index (χ2v) is 9.36. The lowest BCUT2D eigenvalue weighted by molar-refractivity contribution is -0.130. The largest absolute Gasteiger partial charge is 0.418 e. The van der Waals surface area contributed by atoms with E-state index in [1.54, 1.807) is 0 Å². The topological polar surface area (TPSA) is 43.4 Å². The van der Waals surface area contributed by atoms with Gasteiger partial charge in [-0.1, -0.05) is 11.8 Å². The molecule has 0 heterocycles. The number of hydrogen-bond acceptors (Lipinski definition) is 4. The van der Waals surface area contributed by atoms with Crippen LogP contribution in [-0.4, -0.2) is 31.6 Å². The second kappa shape index (κ2) is 7.19. The minimum atomic E-state index is -1.51. The number of rotatable bonds is 7. The molecule has 0 spiro atoms. The lowest BCUT2D eigenvalue weighted by atomic mass is 10.5. The maximum Gasteiger partial charge on any atom is 0.254 e. The van der Waals surface area contributed by atoms with Gasteiger partial charge in [0, 0.05) is 19.3 Å². The monoisotopic (exact) mass is 248 g/mol. The fourth-order valence-corrected chi connectivity index (χ4v) is 4.11. The van der Waals surface area contributed by atoms with Gasteiger partial charge in [-0.05, 0) is 32.5 Å². The Morgan fingerprint density at radius 3 is 2.40 bits per heavy atom. The van der Waals surface area contributed by atoms with Crippen LogP contribution in [0.15, 0.2) is 0 Å². The first-order valence-electron chi connectivity index (χ1n) is 5.20. The van der Waals surface area contributed by atoms with Gasteiger partial charge in [0.1, 0.15) is 0 Å². The Morgan fingerprint density at radius 1 is 1.33 bits per heavy atom. The first kappa shape index (κ1) is 14.9. The summed E-state index contributed by atoms with van der Waals surface area (Å²) in [4.78, 5) is 21.6. The Balaban J connectivity index is 3.62. The number of thioether (sulfide) groups is 1. The molecule has 0 unspecified atom stereocenters. The van der Waals surface area contributed by atoms with Gasteiger partial charge in [0.2, 0.25) is 5.78 Å². The summed E-state index contributed by atoms with van der Waals surface area (Å²) in [5.41, 5.74) is 0. The molecule has 0 aliphatic rings. The molecule has 0 saturated carbocycles. The Hall–Kier alpha value is -0.133. The van der Waals surface area contributed by atoms with Crippen molar-refractivity contribution in [2.45, 2.75) is 39.4 Å². The standard InChI is InChI=1S/C10H20O3SSi/c1-5-13-15(3,4)8-6-7-14-10(12)9(2)11/h5-8H2,1-4H3. The molecule has 0 atom stereocenters.